The monoisotopic (exact) mass is 291 g/mol. The predicted octanol–water partition coefficient (Wildman–Crippen LogP) is 2.54. The van der Waals surface area contributed by atoms with E-state index in [1.807, 2.05) is 36.4 Å². The van der Waals surface area contributed by atoms with E-state index >= 15 is 0 Å². The Morgan fingerprint density at radius 1 is 1.14 bits per heavy atom. The number of nitrogens with zero attached hydrogens (tertiary/aromatic N) is 4. The van der Waals surface area contributed by atoms with Crippen LogP contribution in [0.5, 0.6) is 5.75 Å². The first-order chi connectivity index (χ1) is 10.8. The van der Waals surface area contributed by atoms with Crippen LogP contribution in [-0.2, 0) is 0 Å². The highest BCUT2D eigenvalue weighted by molar-refractivity contribution is 5.84. The van der Waals surface area contributed by atoms with Crippen molar-refractivity contribution in [3.8, 4) is 17.0 Å². The molecule has 0 bridgehead atoms. The lowest BCUT2D eigenvalue weighted by molar-refractivity contribution is 0.416. The summed E-state index contributed by atoms with van der Waals surface area (Å²) in [6.07, 6.45) is 1.78. The molecule has 0 saturated heterocycles. The number of nitrogen functional groups attached to an aromatic ring is 1. The number of pyridine rings is 2. The zero-order chi connectivity index (χ0) is 15.1. The molecule has 3 heterocycles. The highest BCUT2D eigenvalue weighted by Gasteiger charge is 2.12. The number of hydrogen-bond donors (Lipinski definition) is 1. The maximum Gasteiger partial charge on any atom is 0.240 e. The maximum atomic E-state index is 5.74. The Balaban J connectivity index is 1.99. The molecule has 0 aliphatic heterocycles. The molecule has 108 valence electrons. The smallest absolute Gasteiger partial charge is 0.240 e. The first kappa shape index (κ1) is 12.6. The second-order valence-corrected chi connectivity index (χ2v) is 4.90. The summed E-state index contributed by atoms with van der Waals surface area (Å²) in [5.74, 6) is 0.851. The predicted molar refractivity (Wildman–Crippen MR) is 84.7 cm³/mol. The minimum atomic E-state index is 0.216. The van der Waals surface area contributed by atoms with E-state index in [0.29, 0.717) is 11.4 Å². The van der Waals surface area contributed by atoms with Gasteiger partial charge in [0.25, 0.3) is 0 Å². The van der Waals surface area contributed by atoms with Crippen molar-refractivity contribution in [2.75, 3.05) is 12.8 Å². The van der Waals surface area contributed by atoms with Crippen molar-refractivity contribution < 1.29 is 4.74 Å². The van der Waals surface area contributed by atoms with E-state index in [-0.39, 0.29) is 5.95 Å². The van der Waals surface area contributed by atoms with Crippen molar-refractivity contribution >= 4 is 22.5 Å². The largest absolute Gasteiger partial charge is 0.493 e. The van der Waals surface area contributed by atoms with Crippen LogP contribution in [0.1, 0.15) is 0 Å². The summed E-state index contributed by atoms with van der Waals surface area (Å²) in [6, 6.07) is 13.8. The van der Waals surface area contributed by atoms with Gasteiger partial charge in [0.1, 0.15) is 0 Å². The van der Waals surface area contributed by atoms with Gasteiger partial charge in [-0.15, -0.1) is 5.10 Å². The summed E-state index contributed by atoms with van der Waals surface area (Å²) < 4.78 is 7.01. The van der Waals surface area contributed by atoms with Crippen LogP contribution >= 0.6 is 0 Å². The Morgan fingerprint density at radius 2 is 2.05 bits per heavy atom. The Hall–Kier alpha value is -3.15. The summed E-state index contributed by atoms with van der Waals surface area (Å²) in [7, 11) is 1.60. The highest BCUT2D eigenvalue weighted by Crippen LogP contribution is 2.28. The fraction of sp³-hybridized carbons (Fsp3) is 0.0625. The summed E-state index contributed by atoms with van der Waals surface area (Å²) in [6.45, 7) is 0. The van der Waals surface area contributed by atoms with Crippen molar-refractivity contribution in [3.63, 3.8) is 0 Å². The minimum Gasteiger partial charge on any atom is -0.493 e. The Morgan fingerprint density at radius 3 is 2.91 bits per heavy atom. The lowest BCUT2D eigenvalue weighted by atomic mass is 10.1. The first-order valence-electron chi connectivity index (χ1n) is 6.80. The van der Waals surface area contributed by atoms with Gasteiger partial charge in [-0.2, -0.15) is 4.98 Å². The van der Waals surface area contributed by atoms with Gasteiger partial charge in [-0.05, 0) is 30.3 Å². The average molecular weight is 291 g/mol. The van der Waals surface area contributed by atoms with Gasteiger partial charge in [0.05, 0.1) is 18.3 Å². The molecule has 22 heavy (non-hydrogen) atoms. The normalized spacial score (nSPS) is 11.1. The molecule has 0 radical (unpaired) electrons. The van der Waals surface area contributed by atoms with Crippen LogP contribution < -0.4 is 10.5 Å². The number of rotatable bonds is 2. The van der Waals surface area contributed by atoms with E-state index in [9.17, 15) is 0 Å². The van der Waals surface area contributed by atoms with Crippen LogP contribution in [0.4, 0.5) is 5.95 Å². The molecule has 0 unspecified atom stereocenters. The van der Waals surface area contributed by atoms with Gasteiger partial charge in [0.15, 0.2) is 11.4 Å². The van der Waals surface area contributed by atoms with Crippen LogP contribution in [0.25, 0.3) is 27.8 Å². The summed E-state index contributed by atoms with van der Waals surface area (Å²) in [5, 5.41) is 5.33. The number of nitrogens with two attached hydrogens (primary N) is 1. The van der Waals surface area contributed by atoms with Gasteiger partial charge in [-0.3, -0.25) is 4.98 Å². The van der Waals surface area contributed by atoms with E-state index < -0.39 is 0 Å². The molecule has 6 nitrogen and oxygen atoms in total. The Kier molecular flexibility index (Phi) is 2.69. The first-order valence-corrected chi connectivity index (χ1v) is 6.80. The molecule has 0 saturated carbocycles. The van der Waals surface area contributed by atoms with Gasteiger partial charge < -0.3 is 10.5 Å². The van der Waals surface area contributed by atoms with Gasteiger partial charge in [-0.1, -0.05) is 12.1 Å². The molecule has 0 amide bonds. The van der Waals surface area contributed by atoms with E-state index in [1.54, 1.807) is 17.8 Å². The molecule has 0 aliphatic rings. The SMILES string of the molecule is COc1ccc(-c2ccc3ncccc3c2)n2nc(N)nc12. The van der Waals surface area contributed by atoms with Crippen molar-refractivity contribution in [2.24, 2.45) is 0 Å². The highest BCUT2D eigenvalue weighted by atomic mass is 16.5. The second kappa shape index (κ2) is 4.70. The van der Waals surface area contributed by atoms with Crippen molar-refractivity contribution in [3.05, 3.63) is 48.7 Å². The van der Waals surface area contributed by atoms with Crippen molar-refractivity contribution in [1.82, 2.24) is 19.6 Å². The molecular weight excluding hydrogens is 278 g/mol. The van der Waals surface area contributed by atoms with Crippen LogP contribution in [0.2, 0.25) is 0 Å². The van der Waals surface area contributed by atoms with Gasteiger partial charge in [0.2, 0.25) is 5.95 Å². The van der Waals surface area contributed by atoms with Crippen LogP contribution in [0, 0.1) is 0 Å². The fourth-order valence-electron chi connectivity index (χ4n) is 2.57. The van der Waals surface area contributed by atoms with Crippen LogP contribution in [0.15, 0.2) is 48.7 Å². The quantitative estimate of drug-likeness (QED) is 0.614. The molecule has 0 fully saturated rings. The third-order valence-corrected chi connectivity index (χ3v) is 3.58. The van der Waals surface area contributed by atoms with E-state index in [4.69, 9.17) is 10.5 Å². The lowest BCUT2D eigenvalue weighted by Gasteiger charge is -2.08. The summed E-state index contributed by atoms with van der Waals surface area (Å²) in [5.41, 5.74) is 9.20. The van der Waals surface area contributed by atoms with E-state index in [2.05, 4.69) is 21.1 Å². The number of ether oxygens (including phenoxy) is 1. The maximum absolute atomic E-state index is 5.74. The number of benzene rings is 1. The van der Waals surface area contributed by atoms with Gasteiger partial charge in [0, 0.05) is 17.1 Å². The topological polar surface area (TPSA) is 78.3 Å². The standard InChI is InChI=1S/C16H13N5O/c1-22-14-7-6-13(21-15(14)19-16(17)20-21)11-4-5-12-10(9-11)3-2-8-18-12/h2-9H,1H3,(H2,17,20). The molecule has 6 heteroatoms. The molecule has 4 rings (SSSR count). The number of aromatic nitrogens is 4. The zero-order valence-corrected chi connectivity index (χ0v) is 11.9. The fourth-order valence-corrected chi connectivity index (χ4v) is 2.57. The number of methoxy groups -OCH3 is 1. The third-order valence-electron chi connectivity index (χ3n) is 3.58. The van der Waals surface area contributed by atoms with E-state index in [1.165, 1.54) is 0 Å². The molecular formula is C16H13N5O. The van der Waals surface area contributed by atoms with Crippen molar-refractivity contribution in [1.29, 1.82) is 0 Å². The van der Waals surface area contributed by atoms with Gasteiger partial charge in [-0.25, -0.2) is 4.52 Å². The lowest BCUT2D eigenvalue weighted by Crippen LogP contribution is -1.97. The zero-order valence-electron chi connectivity index (χ0n) is 11.9. The van der Waals surface area contributed by atoms with Crippen LogP contribution in [-0.4, -0.2) is 26.7 Å². The Bertz CT molecular complexity index is 992. The Labute approximate surface area is 126 Å². The van der Waals surface area contributed by atoms with Gasteiger partial charge >= 0.3 is 0 Å². The second-order valence-electron chi connectivity index (χ2n) is 4.90. The van der Waals surface area contributed by atoms with Crippen molar-refractivity contribution in [2.45, 2.75) is 0 Å². The number of fused-ring (bicyclic) bond motifs is 2. The molecule has 3 aromatic heterocycles. The molecule has 0 spiro atoms. The number of hydrogen-bond acceptors (Lipinski definition) is 5. The molecule has 2 N–H and O–H groups in total. The van der Waals surface area contributed by atoms with E-state index in [0.717, 1.165) is 22.2 Å². The number of anilines is 1. The molecule has 0 aliphatic carbocycles. The summed E-state index contributed by atoms with van der Waals surface area (Å²) >= 11 is 0. The summed E-state index contributed by atoms with van der Waals surface area (Å²) in [4.78, 5) is 8.56. The van der Waals surface area contributed by atoms with Crippen LogP contribution in [0.3, 0.4) is 0 Å². The molecule has 1 aromatic carbocycles. The minimum absolute atomic E-state index is 0.216. The third kappa shape index (κ3) is 1.85. The average Bonchev–Trinajstić information content (AvgIpc) is 2.94. The molecule has 0 atom stereocenters. The molecule has 4 aromatic rings.